The van der Waals surface area contributed by atoms with E-state index in [9.17, 15) is 9.59 Å². The molecule has 0 bridgehead atoms. The highest BCUT2D eigenvalue weighted by Crippen LogP contribution is 2.07. The van der Waals surface area contributed by atoms with Crippen LogP contribution in [0.2, 0.25) is 0 Å². The van der Waals surface area contributed by atoms with Crippen molar-refractivity contribution in [2.75, 3.05) is 31.1 Å². The number of carbonyl (C=O) groups is 2. The number of carbonyl (C=O) groups excluding carboxylic acids is 2. The van der Waals surface area contributed by atoms with Crippen molar-refractivity contribution in [3.05, 3.63) is 0 Å². The minimum absolute atomic E-state index is 0.0499. The third-order valence-electron chi connectivity index (χ3n) is 2.53. The first-order valence-electron chi connectivity index (χ1n) is 5.86. The number of rotatable bonds is 5. The first kappa shape index (κ1) is 13.4. The van der Waals surface area contributed by atoms with Gasteiger partial charge < -0.3 is 10.2 Å². The summed E-state index contributed by atoms with van der Waals surface area (Å²) in [5, 5.41) is 2.77. The van der Waals surface area contributed by atoms with Gasteiger partial charge in [-0.2, -0.15) is 11.8 Å². The summed E-state index contributed by atoms with van der Waals surface area (Å²) < 4.78 is 0. The van der Waals surface area contributed by atoms with Crippen molar-refractivity contribution < 1.29 is 9.59 Å². The Morgan fingerprint density at radius 1 is 1.50 bits per heavy atom. The Hall–Kier alpha value is -0.710. The van der Waals surface area contributed by atoms with Gasteiger partial charge in [0.05, 0.1) is 5.75 Å². The average Bonchev–Trinajstić information content (AvgIpc) is 2.49. The molecule has 0 saturated carbocycles. The zero-order chi connectivity index (χ0) is 11.8. The highest BCUT2D eigenvalue weighted by atomic mass is 32.2. The normalized spacial score (nSPS) is 16.8. The predicted octanol–water partition coefficient (Wildman–Crippen LogP) is 0.868. The maximum absolute atomic E-state index is 11.8. The summed E-state index contributed by atoms with van der Waals surface area (Å²) in [6.45, 7) is 3.95. The number of unbranched alkanes of at least 4 members (excludes halogenated alkanes) is 1. The molecule has 0 aliphatic carbocycles. The largest absolute Gasteiger partial charge is 0.354 e. The summed E-state index contributed by atoms with van der Waals surface area (Å²) in [6.07, 6.45) is 2.77. The fourth-order valence-corrected chi connectivity index (χ4v) is 2.51. The van der Waals surface area contributed by atoms with Gasteiger partial charge in [-0.05, 0) is 12.2 Å². The van der Waals surface area contributed by atoms with Gasteiger partial charge >= 0.3 is 0 Å². The number of nitrogens with zero attached hydrogens (tertiary/aromatic N) is 1. The van der Waals surface area contributed by atoms with Gasteiger partial charge in [-0.3, -0.25) is 9.59 Å². The van der Waals surface area contributed by atoms with Gasteiger partial charge in [0.2, 0.25) is 11.8 Å². The molecule has 0 atom stereocenters. The molecule has 0 aromatic carbocycles. The van der Waals surface area contributed by atoms with Crippen molar-refractivity contribution in [2.45, 2.75) is 26.2 Å². The molecule has 1 heterocycles. The minimum Gasteiger partial charge on any atom is -0.354 e. The highest BCUT2D eigenvalue weighted by molar-refractivity contribution is 7.99. The van der Waals surface area contributed by atoms with Gasteiger partial charge in [0.15, 0.2) is 0 Å². The van der Waals surface area contributed by atoms with E-state index in [0.29, 0.717) is 31.8 Å². The molecule has 0 unspecified atom stereocenters. The maximum Gasteiger partial charge on any atom is 0.232 e. The Labute approximate surface area is 101 Å². The van der Waals surface area contributed by atoms with Crippen molar-refractivity contribution >= 4 is 23.6 Å². The summed E-state index contributed by atoms with van der Waals surface area (Å²) in [6, 6.07) is 0. The van der Waals surface area contributed by atoms with Gasteiger partial charge in [-0.15, -0.1) is 0 Å². The average molecular weight is 244 g/mol. The second kappa shape index (κ2) is 7.54. The molecule has 92 valence electrons. The van der Waals surface area contributed by atoms with Crippen LogP contribution in [-0.4, -0.2) is 47.9 Å². The van der Waals surface area contributed by atoms with Gasteiger partial charge in [0, 0.05) is 26.1 Å². The molecular formula is C11H20N2O2S. The summed E-state index contributed by atoms with van der Waals surface area (Å²) in [7, 11) is 0. The van der Waals surface area contributed by atoms with Gasteiger partial charge in [0.25, 0.3) is 0 Å². The quantitative estimate of drug-likeness (QED) is 0.730. The molecule has 0 spiro atoms. The molecule has 2 amide bonds. The second-order valence-corrected chi connectivity index (χ2v) is 4.99. The fourth-order valence-electron chi connectivity index (χ4n) is 1.51. The number of thioether (sulfide) groups is 1. The van der Waals surface area contributed by atoms with Gasteiger partial charge in [0.1, 0.15) is 0 Å². The summed E-state index contributed by atoms with van der Waals surface area (Å²) in [4.78, 5) is 24.7. The zero-order valence-corrected chi connectivity index (χ0v) is 10.6. The molecule has 0 aromatic rings. The number of hydrogen-bond donors (Lipinski definition) is 1. The molecule has 1 N–H and O–H groups in total. The van der Waals surface area contributed by atoms with Crippen LogP contribution in [0.5, 0.6) is 0 Å². The van der Waals surface area contributed by atoms with E-state index < -0.39 is 0 Å². The van der Waals surface area contributed by atoms with E-state index in [-0.39, 0.29) is 11.8 Å². The van der Waals surface area contributed by atoms with Crippen LogP contribution < -0.4 is 5.32 Å². The molecule has 1 aliphatic heterocycles. The Bertz CT molecular complexity index is 246. The third-order valence-corrected chi connectivity index (χ3v) is 3.56. The SMILES string of the molecule is CCCCSCC(=O)N1CCNC(=O)CC1. The molecule has 0 aromatic heterocycles. The van der Waals surface area contributed by atoms with Crippen LogP contribution >= 0.6 is 11.8 Å². The molecule has 4 nitrogen and oxygen atoms in total. The van der Waals surface area contributed by atoms with E-state index in [1.807, 2.05) is 0 Å². The minimum atomic E-state index is 0.0499. The highest BCUT2D eigenvalue weighted by Gasteiger charge is 2.17. The topological polar surface area (TPSA) is 49.4 Å². The molecule has 1 fully saturated rings. The van der Waals surface area contributed by atoms with E-state index in [2.05, 4.69) is 12.2 Å². The Morgan fingerprint density at radius 2 is 2.31 bits per heavy atom. The number of nitrogens with one attached hydrogen (secondary N) is 1. The number of hydrogen-bond acceptors (Lipinski definition) is 3. The number of amides is 2. The zero-order valence-electron chi connectivity index (χ0n) is 9.83. The smallest absolute Gasteiger partial charge is 0.232 e. The Balaban J connectivity index is 2.22. The Kier molecular flexibility index (Phi) is 6.30. The van der Waals surface area contributed by atoms with E-state index in [1.54, 1.807) is 16.7 Å². The van der Waals surface area contributed by atoms with Crippen molar-refractivity contribution in [3.63, 3.8) is 0 Å². The van der Waals surface area contributed by atoms with Crippen LogP contribution in [-0.2, 0) is 9.59 Å². The fraction of sp³-hybridized carbons (Fsp3) is 0.818. The van der Waals surface area contributed by atoms with E-state index >= 15 is 0 Å². The van der Waals surface area contributed by atoms with Crippen LogP contribution in [0.3, 0.4) is 0 Å². The van der Waals surface area contributed by atoms with Gasteiger partial charge in [-0.25, -0.2) is 0 Å². The van der Waals surface area contributed by atoms with Crippen LogP contribution in [0, 0.1) is 0 Å². The monoisotopic (exact) mass is 244 g/mol. The van der Waals surface area contributed by atoms with Crippen molar-refractivity contribution in [2.24, 2.45) is 0 Å². The molecule has 16 heavy (non-hydrogen) atoms. The molecular weight excluding hydrogens is 224 g/mol. The second-order valence-electron chi connectivity index (χ2n) is 3.89. The van der Waals surface area contributed by atoms with E-state index in [0.717, 1.165) is 12.2 Å². The molecule has 0 radical (unpaired) electrons. The van der Waals surface area contributed by atoms with E-state index in [4.69, 9.17) is 0 Å². The van der Waals surface area contributed by atoms with Crippen LogP contribution in [0.15, 0.2) is 0 Å². The van der Waals surface area contributed by atoms with Crippen molar-refractivity contribution in [1.82, 2.24) is 10.2 Å². The van der Waals surface area contributed by atoms with Gasteiger partial charge in [-0.1, -0.05) is 13.3 Å². The lowest BCUT2D eigenvalue weighted by molar-refractivity contribution is -0.128. The van der Waals surface area contributed by atoms with E-state index in [1.165, 1.54) is 6.42 Å². The maximum atomic E-state index is 11.8. The van der Waals surface area contributed by atoms with Crippen molar-refractivity contribution in [3.8, 4) is 0 Å². The Morgan fingerprint density at radius 3 is 3.06 bits per heavy atom. The van der Waals surface area contributed by atoms with Crippen LogP contribution in [0.4, 0.5) is 0 Å². The predicted molar refractivity (Wildman–Crippen MR) is 66.4 cm³/mol. The first-order chi connectivity index (χ1) is 7.74. The summed E-state index contributed by atoms with van der Waals surface area (Å²) >= 11 is 1.69. The molecule has 5 heteroatoms. The molecule has 1 aliphatic rings. The lowest BCUT2D eigenvalue weighted by Gasteiger charge is -2.19. The lowest BCUT2D eigenvalue weighted by atomic mass is 10.4. The molecule has 1 rings (SSSR count). The summed E-state index contributed by atoms with van der Waals surface area (Å²) in [5.74, 6) is 1.81. The lowest BCUT2D eigenvalue weighted by Crippen LogP contribution is -2.35. The van der Waals surface area contributed by atoms with Crippen molar-refractivity contribution in [1.29, 1.82) is 0 Å². The third kappa shape index (κ3) is 4.88. The summed E-state index contributed by atoms with van der Waals surface area (Å²) in [5.41, 5.74) is 0. The van der Waals surface area contributed by atoms with Crippen LogP contribution in [0.25, 0.3) is 0 Å². The van der Waals surface area contributed by atoms with Crippen LogP contribution in [0.1, 0.15) is 26.2 Å². The first-order valence-corrected chi connectivity index (χ1v) is 7.01. The molecule has 1 saturated heterocycles. The standard InChI is InChI=1S/C11H20N2O2S/c1-2-3-8-16-9-11(15)13-6-4-10(14)12-5-7-13/h2-9H2,1H3,(H,12,14).